The molecule has 2 aromatic rings. The summed E-state index contributed by atoms with van der Waals surface area (Å²) in [6.45, 7) is 6.04. The minimum absolute atomic E-state index is 0.0944. The average Bonchev–Trinajstić information content (AvgIpc) is 2.86. The van der Waals surface area contributed by atoms with Crippen molar-refractivity contribution in [3.05, 3.63) is 58.2 Å². The van der Waals surface area contributed by atoms with Crippen LogP contribution in [0.15, 0.2) is 40.1 Å². The Morgan fingerprint density at radius 2 is 1.96 bits per heavy atom. The molecule has 0 fully saturated rings. The van der Waals surface area contributed by atoms with Crippen molar-refractivity contribution >= 4 is 11.7 Å². The van der Waals surface area contributed by atoms with E-state index in [0.717, 1.165) is 34.5 Å². The van der Waals surface area contributed by atoms with Gasteiger partial charge in [0.25, 0.3) is 0 Å². The summed E-state index contributed by atoms with van der Waals surface area (Å²) in [7, 11) is 0. The highest BCUT2D eigenvalue weighted by atomic mass is 19.1. The molecule has 1 aromatic carbocycles. The predicted molar refractivity (Wildman–Crippen MR) is 88.2 cm³/mol. The molecule has 0 radical (unpaired) electrons. The molecular weight excluding hydrogens is 307 g/mol. The minimum Gasteiger partial charge on any atom is -0.338 e. The molecule has 5 heteroatoms. The number of aromatic nitrogens is 1. The van der Waals surface area contributed by atoms with Gasteiger partial charge in [-0.1, -0.05) is 31.1 Å². The molecule has 1 N–H and O–H groups in total. The summed E-state index contributed by atoms with van der Waals surface area (Å²) in [5.41, 5.74) is 4.06. The lowest BCUT2D eigenvalue weighted by molar-refractivity contribution is -0.118. The van der Waals surface area contributed by atoms with Gasteiger partial charge in [-0.05, 0) is 36.5 Å². The van der Waals surface area contributed by atoms with Gasteiger partial charge in [0.2, 0.25) is 5.88 Å². The number of allylic oxidation sites excluding steroid dienone is 2. The molecular formula is C19H19FN2O2. The Morgan fingerprint density at radius 3 is 2.67 bits per heavy atom. The quantitative estimate of drug-likeness (QED) is 0.848. The number of benzene rings is 1. The molecule has 1 atom stereocenters. The van der Waals surface area contributed by atoms with Crippen LogP contribution in [-0.4, -0.2) is 10.9 Å². The highest BCUT2D eigenvalue weighted by Gasteiger charge is 2.42. The van der Waals surface area contributed by atoms with Crippen LogP contribution in [-0.2, 0) is 4.79 Å². The second-order valence-electron chi connectivity index (χ2n) is 7.45. The summed E-state index contributed by atoms with van der Waals surface area (Å²) in [6.07, 6.45) is 1.27. The van der Waals surface area contributed by atoms with E-state index in [4.69, 9.17) is 4.52 Å². The van der Waals surface area contributed by atoms with Gasteiger partial charge in [0.15, 0.2) is 5.78 Å². The maximum Gasteiger partial charge on any atom is 0.233 e. The molecule has 1 unspecified atom stereocenters. The van der Waals surface area contributed by atoms with Gasteiger partial charge >= 0.3 is 0 Å². The van der Waals surface area contributed by atoms with Gasteiger partial charge < -0.3 is 9.84 Å². The minimum atomic E-state index is -0.291. The normalized spacial score (nSPS) is 22.0. The van der Waals surface area contributed by atoms with Crippen molar-refractivity contribution in [1.82, 2.24) is 5.16 Å². The second-order valence-corrected chi connectivity index (χ2v) is 7.45. The highest BCUT2D eigenvalue weighted by Crippen LogP contribution is 2.49. The van der Waals surface area contributed by atoms with Gasteiger partial charge in [0, 0.05) is 23.6 Å². The van der Waals surface area contributed by atoms with Crippen molar-refractivity contribution in [3.63, 3.8) is 0 Å². The number of hydrogen-bond acceptors (Lipinski definition) is 4. The zero-order valence-electron chi connectivity index (χ0n) is 13.9. The first-order valence-electron chi connectivity index (χ1n) is 8.11. The number of aryl methyl sites for hydroxylation is 1. The maximum atomic E-state index is 13.4. The molecule has 1 aliphatic carbocycles. The van der Waals surface area contributed by atoms with Gasteiger partial charge in [-0.2, -0.15) is 0 Å². The molecule has 4 rings (SSSR count). The molecule has 2 heterocycles. The number of anilines is 1. The standard InChI is InChI=1S/C19H19FN2O2/c1-10-15-16(11-4-6-12(20)7-5-11)17-13(21-18(15)24-22-10)8-19(2,3)9-14(17)23/h4-7,16,21H,8-9H2,1-3H3. The first kappa shape index (κ1) is 15.1. The van der Waals surface area contributed by atoms with Gasteiger partial charge in [0.05, 0.1) is 11.3 Å². The Labute approximate surface area is 139 Å². The number of halogens is 1. The molecule has 0 spiro atoms. The monoisotopic (exact) mass is 326 g/mol. The van der Waals surface area contributed by atoms with Crippen LogP contribution in [0.1, 0.15) is 49.4 Å². The van der Waals surface area contributed by atoms with Gasteiger partial charge in [0.1, 0.15) is 5.82 Å². The fourth-order valence-electron chi connectivity index (χ4n) is 3.86. The largest absolute Gasteiger partial charge is 0.338 e. The second kappa shape index (κ2) is 5.03. The summed E-state index contributed by atoms with van der Waals surface area (Å²) in [6, 6.07) is 6.33. The van der Waals surface area contributed by atoms with E-state index in [-0.39, 0.29) is 22.9 Å². The van der Waals surface area contributed by atoms with Crippen LogP contribution in [0.2, 0.25) is 0 Å². The first-order valence-corrected chi connectivity index (χ1v) is 8.11. The number of nitrogens with zero attached hydrogens (tertiary/aromatic N) is 1. The van der Waals surface area contributed by atoms with Gasteiger partial charge in [-0.3, -0.25) is 4.79 Å². The summed E-state index contributed by atoms with van der Waals surface area (Å²) in [5.74, 6) is 0.173. The van der Waals surface area contributed by atoms with Crippen molar-refractivity contribution in [1.29, 1.82) is 0 Å². The topological polar surface area (TPSA) is 55.1 Å². The molecule has 1 aliphatic heterocycles. The number of ketones is 1. The van der Waals surface area contributed by atoms with Crippen molar-refractivity contribution in [2.75, 3.05) is 5.32 Å². The Balaban J connectivity index is 1.93. The van der Waals surface area contributed by atoms with Crippen molar-refractivity contribution in [3.8, 4) is 0 Å². The fraction of sp³-hybridized carbons (Fsp3) is 0.368. The van der Waals surface area contributed by atoms with E-state index in [9.17, 15) is 9.18 Å². The lowest BCUT2D eigenvalue weighted by Gasteiger charge is -2.37. The lowest BCUT2D eigenvalue weighted by atomic mass is 9.69. The van der Waals surface area contributed by atoms with E-state index < -0.39 is 0 Å². The number of rotatable bonds is 1. The Bertz CT molecular complexity index is 862. The van der Waals surface area contributed by atoms with E-state index in [2.05, 4.69) is 24.3 Å². The molecule has 0 saturated heterocycles. The number of Topliss-reactive ketones (excluding diaryl/α,β-unsaturated/α-hetero) is 1. The van der Waals surface area contributed by atoms with Crippen molar-refractivity contribution in [2.45, 2.75) is 39.5 Å². The molecule has 124 valence electrons. The highest BCUT2D eigenvalue weighted by molar-refractivity contribution is 6.01. The van der Waals surface area contributed by atoms with Crippen molar-refractivity contribution < 1.29 is 13.7 Å². The summed E-state index contributed by atoms with van der Waals surface area (Å²) in [5, 5.41) is 7.33. The molecule has 0 amide bonds. The molecule has 1 aromatic heterocycles. The van der Waals surface area contributed by atoms with Crippen LogP contribution in [0.5, 0.6) is 0 Å². The lowest BCUT2D eigenvalue weighted by Crippen LogP contribution is -2.33. The zero-order valence-corrected chi connectivity index (χ0v) is 13.9. The van der Waals surface area contributed by atoms with Crippen LogP contribution in [0.4, 0.5) is 10.3 Å². The predicted octanol–water partition coefficient (Wildman–Crippen LogP) is 4.32. The Morgan fingerprint density at radius 1 is 1.25 bits per heavy atom. The maximum absolute atomic E-state index is 13.4. The van der Waals surface area contributed by atoms with E-state index >= 15 is 0 Å². The Kier molecular flexibility index (Phi) is 3.17. The smallest absolute Gasteiger partial charge is 0.233 e. The first-order chi connectivity index (χ1) is 11.4. The van der Waals surface area contributed by atoms with Crippen molar-refractivity contribution in [2.24, 2.45) is 5.41 Å². The summed E-state index contributed by atoms with van der Waals surface area (Å²) >= 11 is 0. The number of carbonyl (C=O) groups is 1. The van der Waals surface area contributed by atoms with Gasteiger partial charge in [-0.15, -0.1) is 0 Å². The van der Waals surface area contributed by atoms with Crippen LogP contribution in [0.25, 0.3) is 0 Å². The molecule has 4 nitrogen and oxygen atoms in total. The van der Waals surface area contributed by atoms with E-state index in [1.807, 2.05) is 6.92 Å². The SMILES string of the molecule is Cc1noc2c1C(c1ccc(F)cc1)C1=C(CC(C)(C)CC1=O)N2. The van der Waals surface area contributed by atoms with E-state index in [1.54, 1.807) is 12.1 Å². The Hall–Kier alpha value is -2.43. The molecule has 0 saturated carbocycles. The van der Waals surface area contributed by atoms with E-state index in [1.165, 1.54) is 12.1 Å². The van der Waals surface area contributed by atoms with Crippen LogP contribution >= 0.6 is 0 Å². The number of fused-ring (bicyclic) bond motifs is 1. The number of nitrogens with one attached hydrogen (secondary N) is 1. The molecule has 24 heavy (non-hydrogen) atoms. The summed E-state index contributed by atoms with van der Waals surface area (Å²) < 4.78 is 18.8. The fourth-order valence-corrected chi connectivity index (χ4v) is 3.86. The molecule has 0 bridgehead atoms. The van der Waals surface area contributed by atoms with Crippen LogP contribution in [0.3, 0.4) is 0 Å². The van der Waals surface area contributed by atoms with Gasteiger partial charge in [-0.25, -0.2) is 4.39 Å². The van der Waals surface area contributed by atoms with Crippen LogP contribution < -0.4 is 5.32 Å². The summed E-state index contributed by atoms with van der Waals surface area (Å²) in [4.78, 5) is 12.9. The van der Waals surface area contributed by atoms with Crippen LogP contribution in [0, 0.1) is 18.2 Å². The molecule has 2 aliphatic rings. The third-order valence-corrected chi connectivity index (χ3v) is 4.87. The third kappa shape index (κ3) is 2.27. The average molecular weight is 326 g/mol. The van der Waals surface area contributed by atoms with E-state index in [0.29, 0.717) is 12.3 Å². The number of hydrogen-bond donors (Lipinski definition) is 1. The number of carbonyl (C=O) groups excluding carboxylic acids is 1. The third-order valence-electron chi connectivity index (χ3n) is 4.87. The zero-order chi connectivity index (χ0) is 17.1.